The Hall–Kier alpha value is -3.31. The van der Waals surface area contributed by atoms with Crippen molar-refractivity contribution in [1.82, 2.24) is 4.90 Å². The molecule has 0 spiro atoms. The molecule has 12 heteroatoms. The Bertz CT molecular complexity index is 1160. The zero-order valence-electron chi connectivity index (χ0n) is 23.0. The number of alkyl halides is 6. The molecule has 40 heavy (non-hydrogen) atoms. The maximum Gasteiger partial charge on any atom is 0.416 e. The Balaban J connectivity index is 2.15. The van der Waals surface area contributed by atoms with Crippen molar-refractivity contribution in [3.63, 3.8) is 0 Å². The first-order valence-corrected chi connectivity index (χ1v) is 12.9. The highest BCUT2D eigenvalue weighted by Gasteiger charge is 2.40. The number of ether oxygens (including phenoxy) is 2. The Morgan fingerprint density at radius 1 is 0.975 bits per heavy atom. The fourth-order valence-electron chi connectivity index (χ4n) is 5.23. The van der Waals surface area contributed by atoms with Gasteiger partial charge in [0, 0.05) is 36.4 Å². The molecule has 0 saturated heterocycles. The van der Waals surface area contributed by atoms with Gasteiger partial charge in [-0.05, 0) is 49.1 Å². The summed E-state index contributed by atoms with van der Waals surface area (Å²) in [6.45, 7) is 6.08. The third-order valence-corrected chi connectivity index (χ3v) is 7.53. The van der Waals surface area contributed by atoms with Gasteiger partial charge in [-0.25, -0.2) is 4.79 Å². The lowest BCUT2D eigenvalue weighted by atomic mass is 9.88. The number of carboxylic acid groups (broad SMARTS) is 1. The largest absolute Gasteiger partial charge is 0.493 e. The number of amides is 1. The normalized spacial score (nSPS) is 17.6. The second-order valence-electron chi connectivity index (χ2n) is 10.0. The molecule has 0 aliphatic carbocycles. The summed E-state index contributed by atoms with van der Waals surface area (Å²) in [5.41, 5.74) is -2.20. The fourth-order valence-corrected chi connectivity index (χ4v) is 5.23. The number of rotatable bonds is 9. The number of carbonyl (C=O) groups is 1. The summed E-state index contributed by atoms with van der Waals surface area (Å²) in [7, 11) is 2.89. The van der Waals surface area contributed by atoms with E-state index < -0.39 is 47.7 Å². The smallest absolute Gasteiger partial charge is 0.416 e. The van der Waals surface area contributed by atoms with Crippen LogP contribution in [0.2, 0.25) is 0 Å². The van der Waals surface area contributed by atoms with Crippen molar-refractivity contribution in [2.75, 3.05) is 25.7 Å². The number of anilines is 1. The average Bonchev–Trinajstić information content (AvgIpc) is 2.89. The molecule has 2 aromatic carbocycles. The minimum atomic E-state index is -5.05. The molecule has 0 radical (unpaired) electrons. The van der Waals surface area contributed by atoms with Crippen molar-refractivity contribution >= 4 is 11.8 Å². The maximum atomic E-state index is 13.5. The van der Waals surface area contributed by atoms with Gasteiger partial charge in [0.25, 0.3) is 0 Å². The fraction of sp³-hybridized carbons (Fsp3) is 0.536. The molecule has 1 aliphatic heterocycles. The molecule has 1 amide bonds. The molecule has 0 saturated carbocycles. The van der Waals surface area contributed by atoms with Crippen LogP contribution in [0.3, 0.4) is 0 Å². The van der Waals surface area contributed by atoms with Crippen LogP contribution < -0.4 is 14.4 Å². The highest BCUT2D eigenvalue weighted by molar-refractivity contribution is 5.70. The van der Waals surface area contributed by atoms with Crippen molar-refractivity contribution in [3.8, 4) is 11.5 Å². The van der Waals surface area contributed by atoms with Crippen LogP contribution in [0, 0.1) is 5.92 Å². The second kappa shape index (κ2) is 12.1. The molecule has 1 aliphatic rings. The predicted octanol–water partition coefficient (Wildman–Crippen LogP) is 8.00. The highest BCUT2D eigenvalue weighted by atomic mass is 19.4. The Kier molecular flexibility index (Phi) is 9.41. The first-order valence-electron chi connectivity index (χ1n) is 12.9. The third-order valence-electron chi connectivity index (χ3n) is 7.53. The molecule has 0 aromatic heterocycles. The number of methoxy groups -OCH3 is 2. The van der Waals surface area contributed by atoms with E-state index in [0.717, 1.165) is 17.7 Å². The van der Waals surface area contributed by atoms with E-state index in [1.807, 2.05) is 6.92 Å². The first-order chi connectivity index (χ1) is 18.6. The van der Waals surface area contributed by atoms with E-state index in [1.54, 1.807) is 12.1 Å². The number of fused-ring (bicyclic) bond motifs is 1. The van der Waals surface area contributed by atoms with Gasteiger partial charge in [-0.2, -0.15) is 26.3 Å². The zero-order chi connectivity index (χ0) is 30.0. The molecule has 1 N–H and O–H groups in total. The van der Waals surface area contributed by atoms with E-state index >= 15 is 0 Å². The van der Waals surface area contributed by atoms with E-state index in [4.69, 9.17) is 9.47 Å². The number of hydrogen-bond acceptors (Lipinski definition) is 4. The monoisotopic (exact) mass is 576 g/mol. The molecule has 0 fully saturated rings. The van der Waals surface area contributed by atoms with Crippen molar-refractivity contribution in [2.45, 2.75) is 71.0 Å². The molecule has 1 heterocycles. The van der Waals surface area contributed by atoms with Crippen LogP contribution in [0.5, 0.6) is 11.5 Å². The van der Waals surface area contributed by atoms with Crippen LogP contribution in [-0.4, -0.2) is 42.9 Å². The maximum absolute atomic E-state index is 13.5. The average molecular weight is 577 g/mol. The van der Waals surface area contributed by atoms with Gasteiger partial charge in [0.1, 0.15) is 0 Å². The summed E-state index contributed by atoms with van der Waals surface area (Å²) >= 11 is 0. The number of halogens is 6. The van der Waals surface area contributed by atoms with Gasteiger partial charge in [0.05, 0.1) is 31.4 Å². The standard InChI is InChI=1S/C28H34F6N2O4/c1-6-17(7-2)14-35-16(3)8-22(21-12-24(39-4)25(40-5)13-23(21)35)36(26(37)38)15-18-9-19(27(29,30)31)11-20(10-18)28(32,33)34/h9-13,16-17,22H,6-8,14-15H2,1-5H3,(H,37,38). The van der Waals surface area contributed by atoms with Crippen molar-refractivity contribution in [1.29, 1.82) is 0 Å². The number of nitrogens with zero attached hydrogens (tertiary/aromatic N) is 2. The molecule has 2 unspecified atom stereocenters. The Morgan fingerprint density at radius 3 is 1.95 bits per heavy atom. The summed E-state index contributed by atoms with van der Waals surface area (Å²) in [5.74, 6) is 1.09. The third kappa shape index (κ3) is 6.69. The van der Waals surface area contributed by atoms with E-state index in [9.17, 15) is 36.2 Å². The van der Waals surface area contributed by atoms with Gasteiger partial charge >= 0.3 is 18.4 Å². The van der Waals surface area contributed by atoms with Gasteiger partial charge < -0.3 is 19.5 Å². The van der Waals surface area contributed by atoms with E-state index in [1.165, 1.54) is 14.2 Å². The lowest BCUT2D eigenvalue weighted by Gasteiger charge is -2.45. The first kappa shape index (κ1) is 31.2. The van der Waals surface area contributed by atoms with Crippen LogP contribution in [0.25, 0.3) is 0 Å². The molecule has 3 rings (SSSR count). The van der Waals surface area contributed by atoms with Gasteiger partial charge in [-0.1, -0.05) is 26.7 Å². The minimum Gasteiger partial charge on any atom is -0.493 e. The topological polar surface area (TPSA) is 62.2 Å². The summed E-state index contributed by atoms with van der Waals surface area (Å²) < 4.78 is 91.7. The van der Waals surface area contributed by atoms with Crippen molar-refractivity contribution in [3.05, 3.63) is 52.6 Å². The van der Waals surface area contributed by atoms with E-state index in [0.29, 0.717) is 47.3 Å². The number of benzene rings is 2. The van der Waals surface area contributed by atoms with Crippen molar-refractivity contribution in [2.24, 2.45) is 5.92 Å². The Morgan fingerprint density at radius 2 is 1.50 bits per heavy atom. The zero-order valence-corrected chi connectivity index (χ0v) is 23.0. The molecular weight excluding hydrogens is 542 g/mol. The van der Waals surface area contributed by atoms with Gasteiger partial charge in [0.2, 0.25) is 0 Å². The van der Waals surface area contributed by atoms with Crippen LogP contribution in [0.1, 0.15) is 68.3 Å². The SMILES string of the molecule is CCC(CC)CN1c2cc(OC)c(OC)cc2C(N(Cc2cc(C(F)(F)F)cc(C(F)(F)F)c2)C(=O)O)CC1C. The lowest BCUT2D eigenvalue weighted by Crippen LogP contribution is -2.46. The second-order valence-corrected chi connectivity index (χ2v) is 10.0. The highest BCUT2D eigenvalue weighted by Crippen LogP contribution is 2.47. The molecular formula is C28H34F6N2O4. The van der Waals surface area contributed by atoms with E-state index in [2.05, 4.69) is 18.7 Å². The van der Waals surface area contributed by atoms with Gasteiger partial charge in [-0.15, -0.1) is 0 Å². The van der Waals surface area contributed by atoms with Gasteiger partial charge in [-0.3, -0.25) is 4.90 Å². The predicted molar refractivity (Wildman–Crippen MR) is 138 cm³/mol. The van der Waals surface area contributed by atoms with Crippen LogP contribution in [0.15, 0.2) is 30.3 Å². The van der Waals surface area contributed by atoms with Crippen LogP contribution in [-0.2, 0) is 18.9 Å². The van der Waals surface area contributed by atoms with Crippen LogP contribution in [0.4, 0.5) is 36.8 Å². The number of hydrogen-bond donors (Lipinski definition) is 1. The summed E-state index contributed by atoms with van der Waals surface area (Å²) in [6, 6.07) is 3.46. The molecule has 0 bridgehead atoms. The summed E-state index contributed by atoms with van der Waals surface area (Å²) in [4.78, 5) is 15.6. The van der Waals surface area contributed by atoms with Gasteiger partial charge in [0.15, 0.2) is 11.5 Å². The lowest BCUT2D eigenvalue weighted by molar-refractivity contribution is -0.143. The summed E-state index contributed by atoms with van der Waals surface area (Å²) in [6.07, 6.45) is -9.46. The quantitative estimate of drug-likeness (QED) is 0.307. The molecule has 2 aromatic rings. The molecule has 2 atom stereocenters. The van der Waals surface area contributed by atoms with Crippen molar-refractivity contribution < 1.29 is 45.7 Å². The minimum absolute atomic E-state index is 0.0273. The molecule has 6 nitrogen and oxygen atoms in total. The summed E-state index contributed by atoms with van der Waals surface area (Å²) in [5, 5.41) is 10.2. The molecule has 222 valence electrons. The van der Waals surface area contributed by atoms with E-state index in [-0.39, 0.29) is 18.5 Å². The Labute approximate surface area is 229 Å². The van der Waals surface area contributed by atoms with Crippen LogP contribution >= 0.6 is 0 Å².